The van der Waals surface area contributed by atoms with Crippen molar-refractivity contribution in [3.63, 3.8) is 0 Å². The first-order valence-corrected chi connectivity index (χ1v) is 14.1. The fraction of sp³-hybridized carbons (Fsp3) is 0.300. The average Bonchev–Trinajstić information content (AvgIpc) is 3.00. The number of carboxylic acids is 1. The molecule has 0 bridgehead atoms. The molecule has 216 valence electrons. The summed E-state index contributed by atoms with van der Waals surface area (Å²) < 4.78 is 12.7. The lowest BCUT2D eigenvalue weighted by Gasteiger charge is -2.36. The minimum absolute atomic E-state index is 0.0461. The lowest BCUT2D eigenvalue weighted by atomic mass is 10.0. The molecule has 2 amide bonds. The zero-order chi connectivity index (χ0) is 29.2. The van der Waals surface area contributed by atoms with E-state index in [1.165, 1.54) is 11.8 Å². The highest BCUT2D eigenvalue weighted by atomic mass is 32.2. The van der Waals surface area contributed by atoms with Crippen molar-refractivity contribution >= 4 is 35.2 Å². The van der Waals surface area contributed by atoms with Crippen LogP contribution in [0.5, 0.6) is 0 Å². The molecule has 3 atom stereocenters. The number of amides is 2. The Hall–Kier alpha value is -3.74. The molecule has 3 aromatic rings. The lowest BCUT2D eigenvalue weighted by molar-refractivity contribution is -0.245. The van der Waals surface area contributed by atoms with Crippen LogP contribution in [0.4, 0.5) is 5.69 Å². The number of aliphatic hydroxyl groups is 1. The number of ether oxygens (including phenoxy) is 2. The number of carbonyl (C=O) groups is 3. The van der Waals surface area contributed by atoms with Gasteiger partial charge in [-0.1, -0.05) is 48.5 Å². The third-order valence-corrected chi connectivity index (χ3v) is 7.76. The van der Waals surface area contributed by atoms with Gasteiger partial charge in [0.2, 0.25) is 11.8 Å². The molecule has 1 heterocycles. The molecular formula is C30H32N2O8S. The zero-order valence-electron chi connectivity index (χ0n) is 22.2. The average molecular weight is 581 g/mol. The van der Waals surface area contributed by atoms with E-state index in [-0.39, 0.29) is 43.1 Å². The molecule has 0 radical (unpaired) electrons. The Balaban J connectivity index is 1.45. The summed E-state index contributed by atoms with van der Waals surface area (Å²) in [5, 5.41) is 30.3. The Morgan fingerprint density at radius 2 is 1.56 bits per heavy atom. The molecule has 0 saturated carbocycles. The fourth-order valence-corrected chi connectivity index (χ4v) is 5.45. The Morgan fingerprint density at radius 3 is 2.24 bits per heavy atom. The minimum Gasteiger partial charge on any atom is -0.478 e. The molecule has 1 fully saturated rings. The van der Waals surface area contributed by atoms with Crippen molar-refractivity contribution in [3.05, 3.63) is 95.1 Å². The topological polar surface area (TPSA) is 154 Å². The Kier molecular flexibility index (Phi) is 10.9. The van der Waals surface area contributed by atoms with Crippen LogP contribution < -0.4 is 10.8 Å². The lowest BCUT2D eigenvalue weighted by Crippen LogP contribution is -2.31. The monoisotopic (exact) mass is 580 g/mol. The maximum absolute atomic E-state index is 12.2. The maximum atomic E-state index is 12.2. The van der Waals surface area contributed by atoms with Crippen LogP contribution >= 0.6 is 11.8 Å². The second-order valence-corrected chi connectivity index (χ2v) is 10.6. The van der Waals surface area contributed by atoms with Crippen LogP contribution in [-0.4, -0.2) is 45.1 Å². The number of nitrogens with one attached hydrogen (secondary N) is 2. The van der Waals surface area contributed by atoms with Crippen LogP contribution in [0, 0.1) is 0 Å². The predicted molar refractivity (Wildman–Crippen MR) is 151 cm³/mol. The number of hydrogen-bond acceptors (Lipinski definition) is 8. The van der Waals surface area contributed by atoms with E-state index in [0.717, 1.165) is 16.7 Å². The molecule has 41 heavy (non-hydrogen) atoms. The number of carbonyl (C=O) groups excluding carboxylic acids is 2. The summed E-state index contributed by atoms with van der Waals surface area (Å²) in [5.74, 6) is -1.26. The van der Waals surface area contributed by atoms with Crippen LogP contribution in [0.3, 0.4) is 0 Å². The number of thioether (sulfide) groups is 1. The van der Waals surface area contributed by atoms with Gasteiger partial charge in [-0.05, 0) is 41.8 Å². The van der Waals surface area contributed by atoms with E-state index in [4.69, 9.17) is 14.7 Å². The highest BCUT2D eigenvalue weighted by Crippen LogP contribution is 2.40. The minimum atomic E-state index is -0.983. The number of aliphatic hydroxyl groups excluding tert-OH is 1. The van der Waals surface area contributed by atoms with Gasteiger partial charge in [0.15, 0.2) is 6.29 Å². The summed E-state index contributed by atoms with van der Waals surface area (Å²) >= 11 is 1.42. The fourth-order valence-electron chi connectivity index (χ4n) is 4.39. The van der Waals surface area contributed by atoms with Gasteiger partial charge in [-0.25, -0.2) is 10.3 Å². The molecule has 11 heteroatoms. The standard InChI is InChI=1S/C30H32N2O8S/c33-17-19-8-10-20(11-9-19)25-16-23(18-41-26-5-2-1-4-24(26)29(36)37)39-30(40-25)21-12-14-22(15-13-21)31-27(34)6-3-7-28(35)32-38/h1-2,4-5,8-15,23,25,30,33,38H,3,6-7,16-18H2,(H,31,34)(H,32,35)(H,36,37)/t23-,25+,30+/m1/s1. The van der Waals surface area contributed by atoms with Crippen molar-refractivity contribution < 1.29 is 39.3 Å². The third-order valence-electron chi connectivity index (χ3n) is 6.56. The van der Waals surface area contributed by atoms with Crippen molar-refractivity contribution in [3.8, 4) is 0 Å². The summed E-state index contributed by atoms with van der Waals surface area (Å²) in [6.45, 7) is -0.0549. The van der Waals surface area contributed by atoms with Crippen LogP contribution in [0.25, 0.3) is 0 Å². The van der Waals surface area contributed by atoms with Crippen LogP contribution in [0.15, 0.2) is 77.7 Å². The summed E-state index contributed by atoms with van der Waals surface area (Å²) in [5.41, 5.74) is 4.85. The van der Waals surface area contributed by atoms with E-state index in [9.17, 15) is 24.6 Å². The third kappa shape index (κ3) is 8.62. The van der Waals surface area contributed by atoms with E-state index in [0.29, 0.717) is 29.2 Å². The number of aromatic carboxylic acids is 1. The normalized spacial score (nSPS) is 18.4. The van der Waals surface area contributed by atoms with Crippen molar-refractivity contribution in [1.82, 2.24) is 5.48 Å². The molecule has 1 saturated heterocycles. The van der Waals surface area contributed by atoms with Gasteiger partial charge in [0.1, 0.15) is 0 Å². The Labute approximate surface area is 241 Å². The first-order valence-electron chi connectivity index (χ1n) is 13.1. The predicted octanol–water partition coefficient (Wildman–Crippen LogP) is 4.83. The van der Waals surface area contributed by atoms with E-state index < -0.39 is 18.2 Å². The quantitative estimate of drug-likeness (QED) is 0.115. The number of hydroxylamine groups is 1. The van der Waals surface area contributed by atoms with Crippen molar-refractivity contribution in [1.29, 1.82) is 0 Å². The highest BCUT2D eigenvalue weighted by molar-refractivity contribution is 7.99. The van der Waals surface area contributed by atoms with Crippen LogP contribution in [0.2, 0.25) is 0 Å². The Bertz CT molecular complexity index is 1330. The maximum Gasteiger partial charge on any atom is 0.336 e. The number of benzene rings is 3. The summed E-state index contributed by atoms with van der Waals surface area (Å²) in [7, 11) is 0. The molecule has 3 aromatic carbocycles. The van der Waals surface area contributed by atoms with E-state index in [2.05, 4.69) is 5.32 Å². The van der Waals surface area contributed by atoms with Crippen molar-refractivity contribution in [2.45, 2.75) is 55.7 Å². The molecule has 1 aliphatic rings. The van der Waals surface area contributed by atoms with Crippen LogP contribution in [-0.2, 0) is 25.7 Å². The van der Waals surface area contributed by atoms with Gasteiger partial charge in [-0.15, -0.1) is 11.8 Å². The van der Waals surface area contributed by atoms with Gasteiger partial charge in [-0.2, -0.15) is 0 Å². The molecule has 5 N–H and O–H groups in total. The number of carboxylic acid groups (broad SMARTS) is 1. The van der Waals surface area contributed by atoms with Gasteiger partial charge in [0.25, 0.3) is 0 Å². The van der Waals surface area contributed by atoms with E-state index >= 15 is 0 Å². The van der Waals surface area contributed by atoms with E-state index in [1.807, 2.05) is 24.3 Å². The molecule has 0 spiro atoms. The molecule has 10 nitrogen and oxygen atoms in total. The summed E-state index contributed by atoms with van der Waals surface area (Å²) in [6, 6.07) is 21.5. The summed E-state index contributed by atoms with van der Waals surface area (Å²) in [6.07, 6.45) is -0.212. The van der Waals surface area contributed by atoms with Gasteiger partial charge >= 0.3 is 5.97 Å². The number of anilines is 1. The molecular weight excluding hydrogens is 548 g/mol. The molecule has 0 unspecified atom stereocenters. The first kappa shape index (κ1) is 30.2. The van der Waals surface area contributed by atoms with Gasteiger partial charge < -0.3 is 25.0 Å². The molecule has 0 aromatic heterocycles. The van der Waals surface area contributed by atoms with Crippen LogP contribution in [0.1, 0.15) is 65.1 Å². The van der Waals surface area contributed by atoms with Crippen molar-refractivity contribution in [2.75, 3.05) is 11.1 Å². The molecule has 0 aliphatic carbocycles. The van der Waals surface area contributed by atoms with Gasteiger partial charge in [0, 0.05) is 41.2 Å². The Morgan fingerprint density at radius 1 is 0.878 bits per heavy atom. The number of rotatable bonds is 12. The van der Waals surface area contributed by atoms with Gasteiger partial charge in [-0.3, -0.25) is 14.8 Å². The highest BCUT2D eigenvalue weighted by Gasteiger charge is 2.32. The second-order valence-electron chi connectivity index (χ2n) is 9.52. The summed E-state index contributed by atoms with van der Waals surface area (Å²) in [4.78, 5) is 35.6. The number of hydrogen-bond donors (Lipinski definition) is 5. The molecule has 4 rings (SSSR count). The second kappa shape index (κ2) is 14.8. The smallest absolute Gasteiger partial charge is 0.336 e. The van der Waals surface area contributed by atoms with E-state index in [1.54, 1.807) is 54.0 Å². The SMILES string of the molecule is O=C(CCCC(=O)Nc1ccc([C@H]2O[C@@H](CSc3ccccc3C(=O)O)C[C@@H](c3ccc(CO)cc3)O2)cc1)NO. The largest absolute Gasteiger partial charge is 0.478 e. The van der Waals surface area contributed by atoms with Gasteiger partial charge in [0.05, 0.1) is 24.4 Å². The zero-order valence-corrected chi connectivity index (χ0v) is 23.0. The van der Waals surface area contributed by atoms with Crippen molar-refractivity contribution in [2.24, 2.45) is 0 Å². The first-order chi connectivity index (χ1) is 19.9. The molecule has 1 aliphatic heterocycles.